The molecule has 2 aromatic carbocycles. The summed E-state index contributed by atoms with van der Waals surface area (Å²) in [6, 6.07) is 14.8. The standard InChI is InChI=1S/C13H10N2O2S/c16-15(17)10-5-3-4-9(8-10)13-14-11-6-1-2-7-12(11)18-13/h1-8,13-14H/t13-/m0/s1. The van der Waals surface area contributed by atoms with Crippen molar-refractivity contribution in [1.29, 1.82) is 0 Å². The van der Waals surface area contributed by atoms with Crippen molar-refractivity contribution in [3.63, 3.8) is 0 Å². The van der Waals surface area contributed by atoms with Crippen LogP contribution in [0.4, 0.5) is 11.4 Å². The van der Waals surface area contributed by atoms with Crippen molar-refractivity contribution in [2.24, 2.45) is 0 Å². The molecule has 2 aromatic rings. The van der Waals surface area contributed by atoms with Gasteiger partial charge in [-0.2, -0.15) is 0 Å². The van der Waals surface area contributed by atoms with Gasteiger partial charge < -0.3 is 5.32 Å². The van der Waals surface area contributed by atoms with E-state index in [2.05, 4.69) is 5.32 Å². The van der Waals surface area contributed by atoms with Crippen molar-refractivity contribution < 1.29 is 4.92 Å². The number of rotatable bonds is 2. The lowest BCUT2D eigenvalue weighted by Gasteiger charge is -2.10. The lowest BCUT2D eigenvalue weighted by Crippen LogP contribution is -2.01. The monoisotopic (exact) mass is 258 g/mol. The molecule has 3 rings (SSSR count). The maximum Gasteiger partial charge on any atom is 0.269 e. The minimum absolute atomic E-state index is 0.0438. The Balaban J connectivity index is 1.90. The van der Waals surface area contributed by atoms with Gasteiger partial charge >= 0.3 is 0 Å². The highest BCUT2D eigenvalue weighted by Gasteiger charge is 2.23. The van der Waals surface area contributed by atoms with Gasteiger partial charge in [-0.1, -0.05) is 36.0 Å². The van der Waals surface area contributed by atoms with E-state index in [9.17, 15) is 10.1 Å². The summed E-state index contributed by atoms with van der Waals surface area (Å²) in [5.41, 5.74) is 2.13. The second-order valence-electron chi connectivity index (χ2n) is 3.99. The first-order valence-electron chi connectivity index (χ1n) is 5.50. The molecule has 0 aliphatic carbocycles. The van der Waals surface area contributed by atoms with Crippen LogP contribution in [0, 0.1) is 10.1 Å². The van der Waals surface area contributed by atoms with Crippen molar-refractivity contribution in [2.75, 3.05) is 5.32 Å². The van der Waals surface area contributed by atoms with Gasteiger partial charge in [0, 0.05) is 22.7 Å². The molecule has 90 valence electrons. The molecule has 0 saturated heterocycles. The van der Waals surface area contributed by atoms with Crippen LogP contribution in [0.25, 0.3) is 0 Å². The number of nitrogens with zero attached hydrogens (tertiary/aromatic N) is 1. The smallest absolute Gasteiger partial charge is 0.269 e. The predicted octanol–water partition coefficient (Wildman–Crippen LogP) is 3.81. The number of thioether (sulfide) groups is 1. The van der Waals surface area contributed by atoms with E-state index in [1.165, 1.54) is 11.0 Å². The van der Waals surface area contributed by atoms with Gasteiger partial charge in [0.05, 0.1) is 4.92 Å². The number of non-ortho nitro benzene ring substituents is 1. The van der Waals surface area contributed by atoms with Crippen molar-refractivity contribution in [2.45, 2.75) is 10.3 Å². The highest BCUT2D eigenvalue weighted by molar-refractivity contribution is 8.00. The predicted molar refractivity (Wildman–Crippen MR) is 71.8 cm³/mol. The molecule has 18 heavy (non-hydrogen) atoms. The van der Waals surface area contributed by atoms with Gasteiger partial charge in [-0.05, 0) is 17.7 Å². The van der Waals surface area contributed by atoms with Gasteiger partial charge in [0.15, 0.2) is 0 Å². The Bertz CT molecular complexity index is 590. The van der Waals surface area contributed by atoms with Crippen molar-refractivity contribution in [1.82, 2.24) is 0 Å². The first kappa shape index (κ1) is 11.1. The molecule has 0 saturated carbocycles. The number of hydrogen-bond acceptors (Lipinski definition) is 4. The highest BCUT2D eigenvalue weighted by Crippen LogP contribution is 2.46. The molecule has 1 aliphatic heterocycles. The van der Waals surface area contributed by atoms with Crippen LogP contribution in [0.2, 0.25) is 0 Å². The van der Waals surface area contributed by atoms with Gasteiger partial charge in [0.2, 0.25) is 0 Å². The summed E-state index contributed by atoms with van der Waals surface area (Å²) in [5, 5.41) is 14.2. The van der Waals surface area contributed by atoms with E-state index in [1.807, 2.05) is 30.3 Å². The Labute approximate surface area is 108 Å². The third-order valence-electron chi connectivity index (χ3n) is 2.80. The van der Waals surface area contributed by atoms with Crippen LogP contribution < -0.4 is 5.32 Å². The molecule has 1 heterocycles. The molecule has 4 nitrogen and oxygen atoms in total. The Morgan fingerprint density at radius 2 is 2.00 bits per heavy atom. The van der Waals surface area contributed by atoms with Crippen molar-refractivity contribution in [3.05, 3.63) is 64.2 Å². The van der Waals surface area contributed by atoms with Crippen molar-refractivity contribution >= 4 is 23.1 Å². The molecular formula is C13H10N2O2S. The minimum Gasteiger partial charge on any atom is -0.368 e. The zero-order chi connectivity index (χ0) is 12.5. The average molecular weight is 258 g/mol. The molecule has 0 amide bonds. The first-order valence-corrected chi connectivity index (χ1v) is 6.38. The van der Waals surface area contributed by atoms with Crippen LogP contribution in [0.1, 0.15) is 10.9 Å². The van der Waals surface area contributed by atoms with Gasteiger partial charge in [-0.15, -0.1) is 0 Å². The fourth-order valence-electron chi connectivity index (χ4n) is 1.94. The van der Waals surface area contributed by atoms with Crippen molar-refractivity contribution in [3.8, 4) is 0 Å². The number of anilines is 1. The van der Waals surface area contributed by atoms with Crippen LogP contribution in [-0.4, -0.2) is 4.92 Å². The molecule has 5 heteroatoms. The van der Waals surface area contributed by atoms with E-state index in [0.717, 1.165) is 11.3 Å². The summed E-state index contributed by atoms with van der Waals surface area (Å²) in [4.78, 5) is 11.6. The zero-order valence-corrected chi connectivity index (χ0v) is 10.2. The van der Waals surface area contributed by atoms with Crippen LogP contribution in [0.3, 0.4) is 0 Å². The highest BCUT2D eigenvalue weighted by atomic mass is 32.2. The van der Waals surface area contributed by atoms with Crippen LogP contribution >= 0.6 is 11.8 Å². The Morgan fingerprint density at radius 1 is 1.17 bits per heavy atom. The molecule has 1 aliphatic rings. The topological polar surface area (TPSA) is 55.2 Å². The van der Waals surface area contributed by atoms with E-state index < -0.39 is 0 Å². The Hall–Kier alpha value is -2.01. The fourth-order valence-corrected chi connectivity index (χ4v) is 3.07. The third kappa shape index (κ3) is 1.93. The number of fused-ring (bicyclic) bond motifs is 1. The van der Waals surface area contributed by atoms with E-state index >= 15 is 0 Å². The van der Waals surface area contributed by atoms with Gasteiger partial charge in [-0.25, -0.2) is 0 Å². The van der Waals surface area contributed by atoms with E-state index in [4.69, 9.17) is 0 Å². The number of para-hydroxylation sites is 1. The number of nitro groups is 1. The summed E-state index contributed by atoms with van der Waals surface area (Å²) >= 11 is 1.68. The fraction of sp³-hybridized carbons (Fsp3) is 0.0769. The van der Waals surface area contributed by atoms with E-state index in [1.54, 1.807) is 23.9 Å². The second kappa shape index (κ2) is 4.34. The third-order valence-corrected chi connectivity index (χ3v) is 4.04. The minimum atomic E-state index is -0.365. The summed E-state index contributed by atoms with van der Waals surface area (Å²) < 4.78 is 0. The Kier molecular flexibility index (Phi) is 2.68. The van der Waals surface area contributed by atoms with Gasteiger partial charge in [0.1, 0.15) is 5.37 Å². The molecule has 0 bridgehead atoms. The lowest BCUT2D eigenvalue weighted by molar-refractivity contribution is -0.384. The summed E-state index contributed by atoms with van der Waals surface area (Å²) in [6.07, 6.45) is 0. The number of benzene rings is 2. The molecule has 1 atom stereocenters. The normalized spacial score (nSPS) is 17.0. The molecule has 1 N–H and O–H groups in total. The number of nitro benzene ring substituents is 1. The molecule has 0 radical (unpaired) electrons. The lowest BCUT2D eigenvalue weighted by atomic mass is 10.2. The molecular weight excluding hydrogens is 248 g/mol. The second-order valence-corrected chi connectivity index (χ2v) is 5.14. The summed E-state index contributed by atoms with van der Waals surface area (Å²) in [5.74, 6) is 0. The number of nitrogens with one attached hydrogen (secondary N) is 1. The largest absolute Gasteiger partial charge is 0.368 e. The first-order chi connectivity index (χ1) is 8.74. The van der Waals surface area contributed by atoms with Gasteiger partial charge in [0.25, 0.3) is 5.69 Å². The maximum atomic E-state index is 10.8. The van der Waals surface area contributed by atoms with Crippen LogP contribution in [0.5, 0.6) is 0 Å². The molecule has 0 unspecified atom stereocenters. The quantitative estimate of drug-likeness (QED) is 0.657. The van der Waals surface area contributed by atoms with E-state index in [-0.39, 0.29) is 16.0 Å². The number of hydrogen-bond donors (Lipinski definition) is 1. The SMILES string of the molecule is O=[N+]([O-])c1cccc([C@H]2Nc3ccccc3S2)c1. The van der Waals surface area contributed by atoms with Crippen LogP contribution in [-0.2, 0) is 0 Å². The molecule has 0 fully saturated rings. The van der Waals surface area contributed by atoms with E-state index in [0.29, 0.717) is 0 Å². The zero-order valence-electron chi connectivity index (χ0n) is 9.37. The van der Waals surface area contributed by atoms with Crippen LogP contribution in [0.15, 0.2) is 53.4 Å². The van der Waals surface area contributed by atoms with Gasteiger partial charge in [-0.3, -0.25) is 10.1 Å². The summed E-state index contributed by atoms with van der Waals surface area (Å²) in [7, 11) is 0. The molecule has 0 aromatic heterocycles. The Morgan fingerprint density at radius 3 is 2.78 bits per heavy atom. The molecule has 0 spiro atoms. The average Bonchev–Trinajstić information content (AvgIpc) is 2.82. The summed E-state index contributed by atoms with van der Waals surface area (Å²) in [6.45, 7) is 0. The maximum absolute atomic E-state index is 10.8.